The molecular formula is C29H35FN6O6. The second-order valence-corrected chi connectivity index (χ2v) is 10.6. The summed E-state index contributed by atoms with van der Waals surface area (Å²) in [7, 11) is 1.42. The van der Waals surface area contributed by atoms with E-state index in [1.165, 1.54) is 7.11 Å². The number of fused-ring (bicyclic) bond motifs is 1. The molecule has 2 aliphatic rings. The summed E-state index contributed by atoms with van der Waals surface area (Å²) in [4.78, 5) is 45.3. The van der Waals surface area contributed by atoms with Crippen molar-refractivity contribution in [2.45, 2.75) is 64.2 Å². The zero-order chi connectivity index (χ0) is 30.0. The largest absolute Gasteiger partial charge is 0.496 e. The minimum atomic E-state index is -1.59. The third-order valence-corrected chi connectivity index (χ3v) is 8.22. The number of benzene rings is 1. The Hall–Kier alpha value is -4.29. The highest BCUT2D eigenvalue weighted by Gasteiger charge is 2.42. The second kappa shape index (κ2) is 12.3. The summed E-state index contributed by atoms with van der Waals surface area (Å²) in [5, 5.41) is 8.45. The van der Waals surface area contributed by atoms with Crippen molar-refractivity contribution in [3.63, 3.8) is 0 Å². The minimum absolute atomic E-state index is 0.00729. The van der Waals surface area contributed by atoms with E-state index in [9.17, 15) is 18.8 Å². The number of amides is 2. The first-order valence-electron chi connectivity index (χ1n) is 14.2. The van der Waals surface area contributed by atoms with Crippen LogP contribution in [0.1, 0.15) is 62.4 Å². The number of hydrogen-bond acceptors (Lipinski definition) is 9. The van der Waals surface area contributed by atoms with E-state index in [2.05, 4.69) is 15.3 Å². The quantitative estimate of drug-likeness (QED) is 0.342. The Morgan fingerprint density at radius 2 is 1.90 bits per heavy atom. The van der Waals surface area contributed by atoms with Gasteiger partial charge in [0.15, 0.2) is 12.0 Å². The summed E-state index contributed by atoms with van der Waals surface area (Å²) in [6.45, 7) is 4.00. The summed E-state index contributed by atoms with van der Waals surface area (Å²) in [5.74, 6) is -1.25. The van der Waals surface area contributed by atoms with E-state index in [1.807, 2.05) is 6.92 Å². The Morgan fingerprint density at radius 1 is 1.14 bits per heavy atom. The van der Waals surface area contributed by atoms with E-state index in [0.29, 0.717) is 48.0 Å². The van der Waals surface area contributed by atoms with Gasteiger partial charge in [-0.25, -0.2) is 19.0 Å². The molecule has 0 unspecified atom stereocenters. The van der Waals surface area contributed by atoms with Crippen molar-refractivity contribution in [2.24, 2.45) is 17.6 Å². The molecule has 1 saturated heterocycles. The highest BCUT2D eigenvalue weighted by molar-refractivity contribution is 6.05. The van der Waals surface area contributed by atoms with Crippen molar-refractivity contribution in [1.82, 2.24) is 25.1 Å². The fraction of sp³-hybridized carbons (Fsp3) is 0.517. The van der Waals surface area contributed by atoms with E-state index in [1.54, 1.807) is 36.3 Å². The fourth-order valence-electron chi connectivity index (χ4n) is 5.90. The zero-order valence-electron chi connectivity index (χ0n) is 23.8. The number of hydrogen-bond donors (Lipinski definition) is 2. The number of rotatable bonds is 10. The van der Waals surface area contributed by atoms with Crippen LogP contribution in [0.25, 0.3) is 22.2 Å². The average molecular weight is 583 g/mol. The number of nitrogens with zero attached hydrogens (tertiary/aromatic N) is 4. The normalized spacial score (nSPS) is 23.9. The molecule has 2 fully saturated rings. The number of alkyl halides is 1. The summed E-state index contributed by atoms with van der Waals surface area (Å²) >= 11 is 0. The van der Waals surface area contributed by atoms with Crippen LogP contribution < -0.4 is 20.5 Å². The number of primary amides is 1. The Kier molecular flexibility index (Phi) is 8.55. The SMILES string of the molecule is CCOC(=O)C1CCC(n2cnc(-c3cnc(OC[C@H]4NC(=O)[C@@H](F)[C@H]4CC)c4cc(OC)c(C(N)=O)cc34)n2)CC1. The number of nitrogens with two attached hydrogens (primary N) is 1. The Balaban J connectivity index is 1.45. The van der Waals surface area contributed by atoms with Gasteiger partial charge >= 0.3 is 5.97 Å². The Bertz CT molecular complexity index is 1490. The van der Waals surface area contributed by atoms with Crippen LogP contribution >= 0.6 is 0 Å². The highest BCUT2D eigenvalue weighted by Crippen LogP contribution is 2.38. The molecule has 2 aromatic heterocycles. The maximum absolute atomic E-state index is 14.3. The molecule has 0 spiro atoms. The van der Waals surface area contributed by atoms with E-state index in [0.717, 1.165) is 12.8 Å². The van der Waals surface area contributed by atoms with Crippen molar-refractivity contribution < 1.29 is 33.0 Å². The molecule has 0 radical (unpaired) electrons. The maximum atomic E-state index is 14.3. The van der Waals surface area contributed by atoms with Crippen LogP contribution in [-0.4, -0.2) is 70.1 Å². The third kappa shape index (κ3) is 5.59. The number of halogens is 1. The molecule has 1 aliphatic heterocycles. The molecule has 42 heavy (non-hydrogen) atoms. The molecule has 1 aromatic carbocycles. The van der Waals surface area contributed by atoms with Crippen LogP contribution in [0.2, 0.25) is 0 Å². The lowest BCUT2D eigenvalue weighted by Crippen LogP contribution is -2.34. The Morgan fingerprint density at radius 3 is 2.57 bits per heavy atom. The van der Waals surface area contributed by atoms with Gasteiger partial charge in [-0.1, -0.05) is 6.92 Å². The number of carbonyl (C=O) groups is 3. The van der Waals surface area contributed by atoms with Crippen LogP contribution in [-0.2, 0) is 14.3 Å². The monoisotopic (exact) mass is 582 g/mol. The van der Waals surface area contributed by atoms with Crippen molar-refractivity contribution in [3.8, 4) is 23.0 Å². The predicted molar refractivity (Wildman–Crippen MR) is 150 cm³/mol. The van der Waals surface area contributed by atoms with E-state index in [4.69, 9.17) is 25.0 Å². The van der Waals surface area contributed by atoms with Gasteiger partial charge in [-0.05, 0) is 51.2 Å². The van der Waals surface area contributed by atoms with Gasteiger partial charge in [0.05, 0.1) is 37.3 Å². The van der Waals surface area contributed by atoms with Crippen LogP contribution in [0.5, 0.6) is 11.6 Å². The maximum Gasteiger partial charge on any atom is 0.308 e. The van der Waals surface area contributed by atoms with E-state index in [-0.39, 0.29) is 41.7 Å². The topological polar surface area (TPSA) is 161 Å². The van der Waals surface area contributed by atoms with Gasteiger partial charge in [-0.15, -0.1) is 0 Å². The molecular weight excluding hydrogens is 547 g/mol. The van der Waals surface area contributed by atoms with Gasteiger partial charge in [0.2, 0.25) is 5.88 Å². The van der Waals surface area contributed by atoms with Crippen molar-refractivity contribution in [3.05, 3.63) is 30.2 Å². The molecule has 13 heteroatoms. The number of aromatic nitrogens is 4. The lowest BCUT2D eigenvalue weighted by Gasteiger charge is -2.26. The molecule has 3 N–H and O–H groups in total. The van der Waals surface area contributed by atoms with Gasteiger partial charge in [-0.3, -0.25) is 14.4 Å². The molecule has 3 aromatic rings. The van der Waals surface area contributed by atoms with Crippen molar-refractivity contribution in [1.29, 1.82) is 0 Å². The molecule has 12 nitrogen and oxygen atoms in total. The first-order chi connectivity index (χ1) is 20.2. The highest BCUT2D eigenvalue weighted by atomic mass is 19.1. The van der Waals surface area contributed by atoms with Crippen LogP contribution in [0.3, 0.4) is 0 Å². The van der Waals surface area contributed by atoms with Gasteiger partial charge in [-0.2, -0.15) is 5.10 Å². The molecule has 1 aliphatic carbocycles. The first-order valence-corrected chi connectivity index (χ1v) is 14.2. The minimum Gasteiger partial charge on any atom is -0.496 e. The number of esters is 1. The zero-order valence-corrected chi connectivity index (χ0v) is 23.8. The summed E-state index contributed by atoms with van der Waals surface area (Å²) in [6, 6.07) is 2.76. The molecule has 224 valence electrons. The molecule has 2 amide bonds. The summed E-state index contributed by atoms with van der Waals surface area (Å²) in [5.41, 5.74) is 6.36. The standard InChI is InChI=1S/C29H35FN6O6/c1-4-17-22(34-27(38)24(17)30)13-42-28-19-11-23(40-3)20(25(31)37)10-18(19)21(12-32-28)26-33-14-36(35-26)16-8-6-15(7-9-16)29(39)41-5-2/h10-12,14-17,22,24H,4-9,13H2,1-3H3,(H2,31,37)(H,34,38)/t15?,16?,17-,22+,24-/m0/s1. The molecule has 5 rings (SSSR count). The number of pyridine rings is 1. The third-order valence-electron chi connectivity index (χ3n) is 8.22. The average Bonchev–Trinajstić information content (AvgIpc) is 3.59. The number of nitrogens with one attached hydrogen (secondary N) is 1. The van der Waals surface area contributed by atoms with Crippen LogP contribution in [0.15, 0.2) is 24.7 Å². The van der Waals surface area contributed by atoms with Crippen LogP contribution in [0.4, 0.5) is 4.39 Å². The number of ether oxygens (including phenoxy) is 3. The van der Waals surface area contributed by atoms with E-state index < -0.39 is 29.9 Å². The van der Waals surface area contributed by atoms with Crippen LogP contribution in [0, 0.1) is 11.8 Å². The summed E-state index contributed by atoms with van der Waals surface area (Å²) < 4.78 is 32.7. The van der Waals surface area contributed by atoms with Gasteiger partial charge in [0.1, 0.15) is 18.7 Å². The van der Waals surface area contributed by atoms with E-state index >= 15 is 0 Å². The van der Waals surface area contributed by atoms with Gasteiger partial charge in [0, 0.05) is 28.5 Å². The molecule has 3 heterocycles. The molecule has 0 bridgehead atoms. The number of carbonyl (C=O) groups excluding carboxylic acids is 3. The lowest BCUT2D eigenvalue weighted by atomic mass is 9.86. The molecule has 3 atom stereocenters. The lowest BCUT2D eigenvalue weighted by molar-refractivity contribution is -0.149. The Labute approximate surface area is 242 Å². The fourth-order valence-corrected chi connectivity index (χ4v) is 5.90. The number of methoxy groups -OCH3 is 1. The van der Waals surface area contributed by atoms with Crippen molar-refractivity contribution in [2.75, 3.05) is 20.3 Å². The van der Waals surface area contributed by atoms with Gasteiger partial charge < -0.3 is 25.3 Å². The smallest absolute Gasteiger partial charge is 0.308 e. The summed E-state index contributed by atoms with van der Waals surface area (Å²) in [6.07, 6.45) is 5.02. The second-order valence-electron chi connectivity index (χ2n) is 10.6. The van der Waals surface area contributed by atoms with Gasteiger partial charge in [0.25, 0.3) is 11.8 Å². The predicted octanol–water partition coefficient (Wildman–Crippen LogP) is 3.14. The van der Waals surface area contributed by atoms with Crippen molar-refractivity contribution >= 4 is 28.6 Å². The first kappa shape index (κ1) is 29.2. The molecule has 1 saturated carbocycles.